The third kappa shape index (κ3) is 10.2. The Hall–Kier alpha value is -6.40. The normalized spacial score (nSPS) is 12.2. The van der Waals surface area contributed by atoms with Crippen molar-refractivity contribution in [1.82, 2.24) is 15.0 Å². The van der Waals surface area contributed by atoms with Gasteiger partial charge in [0.2, 0.25) is 11.9 Å². The first-order chi connectivity index (χ1) is 27.4. The lowest BCUT2D eigenvalue weighted by Gasteiger charge is -2.14. The van der Waals surface area contributed by atoms with Crippen LogP contribution in [0.4, 0.5) is 39.0 Å². The number of benzene rings is 5. The molecule has 0 aliphatic rings. The van der Waals surface area contributed by atoms with Crippen LogP contribution < -0.4 is 10.6 Å². The fraction of sp³-hybridized carbons (Fsp3) is 0. The van der Waals surface area contributed by atoms with Crippen molar-refractivity contribution in [3.63, 3.8) is 0 Å². The molecule has 0 radical (unpaired) electrons. The van der Waals surface area contributed by atoms with Crippen molar-refractivity contribution < 1.29 is 69.5 Å². The lowest BCUT2D eigenvalue weighted by Crippen LogP contribution is -2.07. The average Bonchev–Trinajstić information content (AvgIpc) is 3.12. The number of aromatic hydroxyl groups is 1. The van der Waals surface area contributed by atoms with E-state index in [9.17, 15) is 56.8 Å². The molecular formula is C31H22FN7O15S5. The molecule has 0 unspecified atom stereocenters. The van der Waals surface area contributed by atoms with Gasteiger partial charge in [0.1, 0.15) is 21.2 Å². The summed E-state index contributed by atoms with van der Waals surface area (Å²) in [6.45, 7) is 3.26. The molecule has 6 N–H and O–H groups in total. The van der Waals surface area contributed by atoms with Crippen molar-refractivity contribution in [2.24, 2.45) is 10.2 Å². The van der Waals surface area contributed by atoms with Crippen molar-refractivity contribution in [1.29, 1.82) is 0 Å². The number of aromatic nitrogens is 3. The van der Waals surface area contributed by atoms with E-state index in [1.165, 1.54) is 30.3 Å². The van der Waals surface area contributed by atoms with Gasteiger partial charge in [-0.05, 0) is 53.9 Å². The molecule has 1 aromatic heterocycles. The molecule has 0 atom stereocenters. The Morgan fingerprint density at radius 2 is 1.29 bits per heavy atom. The van der Waals surface area contributed by atoms with Gasteiger partial charge < -0.3 is 15.7 Å². The van der Waals surface area contributed by atoms with Gasteiger partial charge in [0.25, 0.3) is 30.4 Å². The molecule has 0 saturated carbocycles. The predicted octanol–water partition coefficient (Wildman–Crippen LogP) is 4.58. The minimum atomic E-state index is -5.14. The minimum absolute atomic E-state index is 0.0516. The highest BCUT2D eigenvalue weighted by molar-refractivity contribution is 7.94. The number of phenols is 1. The molecule has 0 saturated heterocycles. The molecule has 22 nitrogen and oxygen atoms in total. The molecule has 28 heteroatoms. The number of sulfone groups is 1. The first-order valence-corrected chi connectivity index (χ1v) is 22.2. The fourth-order valence-electron chi connectivity index (χ4n) is 5.27. The third-order valence-electron chi connectivity index (χ3n) is 7.59. The summed E-state index contributed by atoms with van der Waals surface area (Å²) < 4.78 is 167. The van der Waals surface area contributed by atoms with Gasteiger partial charge in [-0.3, -0.25) is 13.7 Å². The van der Waals surface area contributed by atoms with E-state index in [1.807, 2.05) is 0 Å². The van der Waals surface area contributed by atoms with E-state index in [0.717, 1.165) is 53.9 Å². The third-order valence-corrected chi connectivity index (χ3v) is 11.6. The van der Waals surface area contributed by atoms with E-state index >= 15 is 0 Å². The number of phenolic OH excluding ortho intramolecular Hbond substituents is 1. The molecule has 0 amide bonds. The number of anilines is 4. The zero-order valence-corrected chi connectivity index (χ0v) is 32.8. The van der Waals surface area contributed by atoms with Crippen LogP contribution in [0.1, 0.15) is 0 Å². The first-order valence-electron chi connectivity index (χ1n) is 15.3. The molecule has 0 spiro atoms. The van der Waals surface area contributed by atoms with E-state index in [2.05, 4.69) is 42.4 Å². The average molecular weight is 912 g/mol. The summed E-state index contributed by atoms with van der Waals surface area (Å²) in [7, 11) is -21.8. The molecule has 0 aliphatic carbocycles. The number of rotatable bonds is 11. The van der Waals surface area contributed by atoms with Crippen molar-refractivity contribution in [3.8, 4) is 5.75 Å². The van der Waals surface area contributed by atoms with Gasteiger partial charge in [0, 0.05) is 27.3 Å². The number of hydrogen-bond donors (Lipinski definition) is 6. The SMILES string of the molecule is C=CS(=O)(=O)c1cccc(Nc2nc(F)nc(Nc3cc(S(=O)(=O)O)cc4ccc(N=Nc5ccc6c(S(=O)(=O)O)cccc6c5S(=O)(=O)O)c(O)c34)n2)c1.O=S(=O)=O. The zero-order valence-electron chi connectivity index (χ0n) is 28.7. The Morgan fingerprint density at radius 3 is 1.90 bits per heavy atom. The molecule has 6 aromatic rings. The molecule has 6 rings (SSSR count). The van der Waals surface area contributed by atoms with Crippen molar-refractivity contribution >= 4 is 107 Å². The maximum absolute atomic E-state index is 14.7. The van der Waals surface area contributed by atoms with Crippen LogP contribution in [-0.4, -0.2) is 80.0 Å². The summed E-state index contributed by atoms with van der Waals surface area (Å²) in [5, 5.41) is 24.0. The summed E-state index contributed by atoms with van der Waals surface area (Å²) in [6, 6.07) is 14.7. The van der Waals surface area contributed by atoms with Crippen LogP contribution in [0.5, 0.6) is 5.75 Å². The monoisotopic (exact) mass is 911 g/mol. The Morgan fingerprint density at radius 1 is 0.678 bits per heavy atom. The van der Waals surface area contributed by atoms with Crippen LogP contribution in [0.15, 0.2) is 121 Å². The summed E-state index contributed by atoms with van der Waals surface area (Å²) in [4.78, 5) is 8.67. The lowest BCUT2D eigenvalue weighted by molar-refractivity contribution is 0.480. The number of nitrogens with zero attached hydrogens (tertiary/aromatic N) is 5. The van der Waals surface area contributed by atoms with E-state index in [0.29, 0.717) is 0 Å². The summed E-state index contributed by atoms with van der Waals surface area (Å²) >= 11 is 0. The zero-order chi connectivity index (χ0) is 43.7. The van der Waals surface area contributed by atoms with Crippen LogP contribution in [0.3, 0.4) is 0 Å². The Labute approximate surface area is 333 Å². The molecule has 5 aromatic carbocycles. The van der Waals surface area contributed by atoms with Crippen LogP contribution in [-0.2, 0) is 50.8 Å². The summed E-state index contributed by atoms with van der Waals surface area (Å²) in [5.41, 5.74) is -1.16. The smallest absolute Gasteiger partial charge is 0.425 e. The molecule has 1 heterocycles. The Kier molecular flexibility index (Phi) is 12.2. The Balaban J connectivity index is 0.00000158. The fourth-order valence-corrected chi connectivity index (χ4v) is 8.10. The van der Waals surface area contributed by atoms with Crippen LogP contribution in [0.25, 0.3) is 21.5 Å². The van der Waals surface area contributed by atoms with E-state index in [1.54, 1.807) is 0 Å². The quantitative estimate of drug-likeness (QED) is 0.0765. The van der Waals surface area contributed by atoms with Crippen molar-refractivity contribution in [2.75, 3.05) is 10.6 Å². The first kappa shape index (κ1) is 43.7. The molecular weight excluding hydrogens is 890 g/mol. The Bertz CT molecular complexity index is 3330. The second-order valence-corrected chi connectivity index (χ2v) is 17.8. The van der Waals surface area contributed by atoms with E-state index in [-0.39, 0.29) is 43.5 Å². The number of azo groups is 1. The summed E-state index contributed by atoms with van der Waals surface area (Å²) in [6.07, 6.45) is -1.36. The number of nitrogens with one attached hydrogen (secondary N) is 2. The van der Waals surface area contributed by atoms with Gasteiger partial charge in [-0.1, -0.05) is 36.9 Å². The van der Waals surface area contributed by atoms with Gasteiger partial charge >= 0.3 is 16.7 Å². The molecule has 0 bridgehead atoms. The second kappa shape index (κ2) is 16.5. The van der Waals surface area contributed by atoms with Gasteiger partial charge in [-0.15, -0.1) is 22.9 Å². The molecule has 0 fully saturated rings. The highest BCUT2D eigenvalue weighted by Crippen LogP contribution is 2.43. The summed E-state index contributed by atoms with van der Waals surface area (Å²) in [5.74, 6) is -1.77. The van der Waals surface area contributed by atoms with Crippen LogP contribution >= 0.6 is 0 Å². The molecule has 0 aliphatic heterocycles. The van der Waals surface area contributed by atoms with Crippen molar-refractivity contribution in [3.05, 3.63) is 96.9 Å². The van der Waals surface area contributed by atoms with E-state index < -0.39 is 94.9 Å². The van der Waals surface area contributed by atoms with Gasteiger partial charge in [-0.2, -0.15) is 44.6 Å². The minimum Gasteiger partial charge on any atom is -0.505 e. The predicted molar refractivity (Wildman–Crippen MR) is 203 cm³/mol. The number of fused-ring (bicyclic) bond motifs is 2. The van der Waals surface area contributed by atoms with Gasteiger partial charge in [0.15, 0.2) is 15.6 Å². The van der Waals surface area contributed by atoms with Crippen LogP contribution in [0, 0.1) is 6.08 Å². The van der Waals surface area contributed by atoms with Crippen LogP contribution in [0.2, 0.25) is 0 Å². The largest absolute Gasteiger partial charge is 0.505 e. The van der Waals surface area contributed by atoms with Gasteiger partial charge in [0.05, 0.1) is 15.5 Å². The second-order valence-electron chi connectivity index (χ2n) is 11.3. The highest BCUT2D eigenvalue weighted by atomic mass is 32.2. The highest BCUT2D eigenvalue weighted by Gasteiger charge is 2.24. The number of hydrogen-bond acceptors (Lipinski definition) is 19. The van der Waals surface area contributed by atoms with Gasteiger partial charge in [-0.25, -0.2) is 8.42 Å². The maximum atomic E-state index is 14.7. The van der Waals surface area contributed by atoms with Crippen molar-refractivity contribution in [2.45, 2.75) is 19.6 Å². The molecule has 308 valence electrons. The topological polar surface area (TPSA) is 356 Å². The number of halogens is 1. The van der Waals surface area contributed by atoms with E-state index in [4.69, 9.17) is 12.6 Å². The maximum Gasteiger partial charge on any atom is 0.425 e. The molecule has 59 heavy (non-hydrogen) atoms. The lowest BCUT2D eigenvalue weighted by atomic mass is 10.1. The standard InChI is InChI=1S/C31H22FN7O12S4.O3S/c1-2-52(41,42)18-6-3-5-17(14-18)33-30-35-29(32)36-31(37-30)34-24-15-19(53(43,44)45)13-16-9-11-22(27(40)26(16)24)38-39-23-12-10-20-21(28(23)55(49,50)51)7-4-8-25(20)54(46,47)48;1-4(2)3/h2-15,40H,1H2,(H,43,44,45)(H,46,47,48)(H,49,50,51)(H2,33,34,35,36,37);.